The minimum Gasteiger partial charge on any atom is -0.493 e. The van der Waals surface area contributed by atoms with Gasteiger partial charge in [0.25, 0.3) is 17.7 Å². The third-order valence-electron chi connectivity index (χ3n) is 8.20. The number of carbonyl (C=O) groups excluding carboxylic acids is 3. The average molecular weight is 591 g/mol. The third kappa shape index (κ3) is 5.74. The van der Waals surface area contributed by atoms with Crippen LogP contribution in [0.4, 0.5) is 5.69 Å². The molecule has 9 nitrogen and oxygen atoms in total. The van der Waals surface area contributed by atoms with Crippen molar-refractivity contribution >= 4 is 23.4 Å². The summed E-state index contributed by atoms with van der Waals surface area (Å²) in [5.41, 5.74) is 8.13. The van der Waals surface area contributed by atoms with E-state index in [9.17, 15) is 14.4 Å². The number of nitrogens with zero attached hydrogens (tertiary/aromatic N) is 2. The molecule has 1 atom stereocenters. The van der Waals surface area contributed by atoms with Gasteiger partial charge in [0, 0.05) is 41.5 Å². The maximum Gasteiger partial charge on any atom is 0.265 e. The number of hydrogen-bond acceptors (Lipinski definition) is 6. The molecule has 6 rings (SSSR count). The van der Waals surface area contributed by atoms with Crippen molar-refractivity contribution in [3.05, 3.63) is 124 Å². The number of nitrogens with one attached hydrogen (secondary N) is 1. The molecular weight excluding hydrogens is 556 g/mol. The normalized spacial score (nSPS) is 14.3. The van der Waals surface area contributed by atoms with E-state index < -0.39 is 5.91 Å². The number of aryl methyl sites for hydroxylation is 1. The monoisotopic (exact) mass is 590 g/mol. The summed E-state index contributed by atoms with van der Waals surface area (Å²) < 4.78 is 11.9. The van der Waals surface area contributed by atoms with Gasteiger partial charge in [0.05, 0.1) is 19.8 Å². The van der Waals surface area contributed by atoms with Crippen molar-refractivity contribution in [1.82, 2.24) is 10.3 Å². The molecule has 224 valence electrons. The van der Waals surface area contributed by atoms with Crippen LogP contribution >= 0.6 is 0 Å². The molecule has 2 aliphatic heterocycles. The van der Waals surface area contributed by atoms with E-state index in [0.29, 0.717) is 47.8 Å². The third-order valence-corrected chi connectivity index (χ3v) is 8.20. The number of hydrazine groups is 1. The zero-order valence-electron chi connectivity index (χ0n) is 24.7. The number of fused-ring (bicyclic) bond motifs is 2. The van der Waals surface area contributed by atoms with E-state index >= 15 is 0 Å². The number of anilines is 1. The van der Waals surface area contributed by atoms with Gasteiger partial charge < -0.3 is 19.3 Å². The number of methoxy groups -OCH3 is 1. The fourth-order valence-electron chi connectivity index (χ4n) is 5.80. The van der Waals surface area contributed by atoms with Crippen LogP contribution in [0.25, 0.3) is 0 Å². The van der Waals surface area contributed by atoms with Crippen molar-refractivity contribution in [1.29, 1.82) is 0 Å². The first-order chi connectivity index (χ1) is 21.3. The van der Waals surface area contributed by atoms with Crippen molar-refractivity contribution in [2.24, 2.45) is 5.84 Å². The largest absolute Gasteiger partial charge is 0.493 e. The lowest BCUT2D eigenvalue weighted by Gasteiger charge is -2.21. The summed E-state index contributed by atoms with van der Waals surface area (Å²) >= 11 is 0. The first-order valence-electron chi connectivity index (χ1n) is 14.6. The minimum absolute atomic E-state index is 0.0581. The van der Waals surface area contributed by atoms with Crippen molar-refractivity contribution in [3.63, 3.8) is 0 Å². The van der Waals surface area contributed by atoms with Gasteiger partial charge in [0.15, 0.2) is 11.5 Å². The highest BCUT2D eigenvalue weighted by Gasteiger charge is 2.32. The second-order valence-electron chi connectivity index (χ2n) is 11.2. The van der Waals surface area contributed by atoms with Gasteiger partial charge in [-0.15, -0.1) is 0 Å². The lowest BCUT2D eigenvalue weighted by Crippen LogP contribution is -2.30. The molecule has 1 unspecified atom stereocenters. The highest BCUT2D eigenvalue weighted by Crippen LogP contribution is 2.37. The molecule has 0 spiro atoms. The molecule has 0 aromatic heterocycles. The molecule has 0 saturated heterocycles. The number of carbonyl (C=O) groups is 3. The average Bonchev–Trinajstić information content (AvgIpc) is 3.55. The van der Waals surface area contributed by atoms with E-state index in [-0.39, 0.29) is 17.9 Å². The zero-order valence-corrected chi connectivity index (χ0v) is 24.7. The fourth-order valence-corrected chi connectivity index (χ4v) is 5.80. The van der Waals surface area contributed by atoms with Crippen LogP contribution in [0.3, 0.4) is 0 Å². The van der Waals surface area contributed by atoms with E-state index in [4.69, 9.17) is 15.3 Å². The van der Waals surface area contributed by atoms with Crippen LogP contribution in [-0.2, 0) is 26.1 Å². The van der Waals surface area contributed by atoms with Crippen molar-refractivity contribution in [2.45, 2.75) is 45.5 Å². The summed E-state index contributed by atoms with van der Waals surface area (Å²) in [4.78, 5) is 42.1. The molecule has 3 N–H and O–H groups in total. The van der Waals surface area contributed by atoms with Gasteiger partial charge in [-0.25, -0.2) is 5.84 Å². The fraction of sp³-hybridized carbons (Fsp3) is 0.229. The number of rotatable bonds is 10. The number of hydrogen-bond donors (Lipinski definition) is 2. The molecule has 0 fully saturated rings. The summed E-state index contributed by atoms with van der Waals surface area (Å²) in [5, 5.41) is 0. The van der Waals surface area contributed by atoms with Gasteiger partial charge >= 0.3 is 0 Å². The van der Waals surface area contributed by atoms with Crippen LogP contribution in [0.2, 0.25) is 0 Å². The number of amides is 3. The Kier molecular flexibility index (Phi) is 8.04. The Morgan fingerprint density at radius 1 is 0.864 bits per heavy atom. The van der Waals surface area contributed by atoms with Gasteiger partial charge in [-0.3, -0.25) is 19.8 Å². The Bertz CT molecular complexity index is 1740. The number of nitrogen functional groups attached to an aromatic ring is 1. The summed E-state index contributed by atoms with van der Waals surface area (Å²) in [6.07, 6.45) is 1.67. The molecule has 9 heteroatoms. The Morgan fingerprint density at radius 2 is 1.61 bits per heavy atom. The lowest BCUT2D eigenvalue weighted by atomic mass is 10.1. The van der Waals surface area contributed by atoms with Crippen LogP contribution in [0, 0.1) is 0 Å². The van der Waals surface area contributed by atoms with Crippen LogP contribution < -0.4 is 25.6 Å². The number of ether oxygens (including phenoxy) is 2. The standard InChI is InChI=1S/C35H34N4O5/c1-22(8-9-23-6-4-3-5-7-23)44-32-18-28(14-15-31(32)43-2)39-21-27-11-10-24(16-29(27)35(39)42)19-38-20-26-13-12-25(33(40)37-36)17-30(26)34(38)41/h3-7,10-18,22H,8-9,19-21,36H2,1-2H3,(H,37,40). The molecule has 0 radical (unpaired) electrons. The Balaban J connectivity index is 1.14. The highest BCUT2D eigenvalue weighted by molar-refractivity contribution is 6.10. The SMILES string of the molecule is COc1ccc(N2Cc3ccc(CN4Cc5ccc(C(=O)NN)cc5C4=O)cc3C2=O)cc1OC(C)CCc1ccccc1. The maximum atomic E-state index is 13.6. The van der Waals surface area contributed by atoms with Crippen LogP contribution in [0.15, 0.2) is 84.9 Å². The summed E-state index contributed by atoms with van der Waals surface area (Å²) in [5.74, 6) is 5.73. The topological polar surface area (TPSA) is 114 Å². The molecule has 0 aliphatic carbocycles. The van der Waals surface area contributed by atoms with Crippen LogP contribution in [0.5, 0.6) is 11.5 Å². The predicted octanol–water partition coefficient (Wildman–Crippen LogP) is 5.02. The first-order valence-corrected chi connectivity index (χ1v) is 14.6. The van der Waals surface area contributed by atoms with E-state index in [1.807, 2.05) is 61.5 Å². The van der Waals surface area contributed by atoms with Gasteiger partial charge in [-0.1, -0.05) is 48.5 Å². The van der Waals surface area contributed by atoms with E-state index in [0.717, 1.165) is 35.2 Å². The molecule has 0 bridgehead atoms. The highest BCUT2D eigenvalue weighted by atomic mass is 16.5. The van der Waals surface area contributed by atoms with Crippen molar-refractivity contribution in [2.75, 3.05) is 12.0 Å². The molecule has 4 aromatic rings. The second-order valence-corrected chi connectivity index (χ2v) is 11.2. The molecule has 4 aromatic carbocycles. The van der Waals surface area contributed by atoms with Gasteiger partial charge in [0.1, 0.15) is 0 Å². The minimum atomic E-state index is -0.450. The summed E-state index contributed by atoms with van der Waals surface area (Å²) in [6.45, 7) is 3.23. The quantitative estimate of drug-likeness (QED) is 0.152. The van der Waals surface area contributed by atoms with Crippen molar-refractivity contribution in [3.8, 4) is 11.5 Å². The van der Waals surface area contributed by atoms with E-state index in [1.165, 1.54) is 5.56 Å². The smallest absolute Gasteiger partial charge is 0.265 e. The Morgan fingerprint density at radius 3 is 2.39 bits per heavy atom. The number of nitrogens with two attached hydrogens (primary N) is 1. The molecular formula is C35H34N4O5. The molecule has 44 heavy (non-hydrogen) atoms. The Labute approximate surface area is 256 Å². The molecule has 2 aliphatic rings. The lowest BCUT2D eigenvalue weighted by molar-refractivity contribution is 0.0766. The predicted molar refractivity (Wildman–Crippen MR) is 166 cm³/mol. The molecule has 3 amide bonds. The first kappa shape index (κ1) is 28.9. The summed E-state index contributed by atoms with van der Waals surface area (Å²) in [6, 6.07) is 26.6. The van der Waals surface area contributed by atoms with Crippen LogP contribution in [0.1, 0.15) is 66.7 Å². The number of benzene rings is 4. The van der Waals surface area contributed by atoms with Gasteiger partial charge in [-0.05, 0) is 72.4 Å². The Hall–Kier alpha value is -5.15. The van der Waals surface area contributed by atoms with E-state index in [2.05, 4.69) is 17.6 Å². The maximum absolute atomic E-state index is 13.6. The van der Waals surface area contributed by atoms with Gasteiger partial charge in [0.2, 0.25) is 0 Å². The zero-order chi connectivity index (χ0) is 30.8. The van der Waals surface area contributed by atoms with Gasteiger partial charge in [-0.2, -0.15) is 0 Å². The van der Waals surface area contributed by atoms with Crippen LogP contribution in [-0.4, -0.2) is 35.8 Å². The van der Waals surface area contributed by atoms with E-state index in [1.54, 1.807) is 35.1 Å². The van der Waals surface area contributed by atoms with Crippen molar-refractivity contribution < 1.29 is 23.9 Å². The second kappa shape index (κ2) is 12.2. The molecule has 2 heterocycles. The molecule has 0 saturated carbocycles. The summed E-state index contributed by atoms with van der Waals surface area (Å²) in [7, 11) is 1.61.